The van der Waals surface area contributed by atoms with Crippen LogP contribution >= 0.6 is 15.9 Å². The van der Waals surface area contributed by atoms with Crippen LogP contribution in [0.25, 0.3) is 0 Å². The van der Waals surface area contributed by atoms with Crippen LogP contribution in [0, 0.1) is 0 Å². The van der Waals surface area contributed by atoms with E-state index in [-0.39, 0.29) is 5.91 Å². The second-order valence-corrected chi connectivity index (χ2v) is 7.62. The molecule has 0 aromatic carbocycles. The number of sulfone groups is 1. The first kappa shape index (κ1) is 15.9. The van der Waals surface area contributed by atoms with E-state index in [0.717, 1.165) is 12.7 Å². The van der Waals surface area contributed by atoms with Gasteiger partial charge in [0.25, 0.3) is 0 Å². The van der Waals surface area contributed by atoms with Crippen LogP contribution in [0.1, 0.15) is 27.2 Å². The third kappa shape index (κ3) is 3.73. The second kappa shape index (κ2) is 6.00. The number of carbonyl (C=O) groups excluding carboxylic acids is 1. The van der Waals surface area contributed by atoms with Crippen molar-refractivity contribution in [1.82, 2.24) is 4.90 Å². The van der Waals surface area contributed by atoms with Gasteiger partial charge in [-0.3, -0.25) is 4.79 Å². The summed E-state index contributed by atoms with van der Waals surface area (Å²) in [4.78, 5) is 13.7. The summed E-state index contributed by atoms with van der Waals surface area (Å²) in [6.45, 7) is 6.00. The molecule has 0 saturated carbocycles. The number of rotatable bonds is 6. The first-order valence-electron chi connectivity index (χ1n) is 5.23. The summed E-state index contributed by atoms with van der Waals surface area (Å²) >= 11 is 3.26. The van der Waals surface area contributed by atoms with Gasteiger partial charge < -0.3 is 4.90 Å². The Labute approximate surface area is 106 Å². The summed E-state index contributed by atoms with van der Waals surface area (Å²) in [6, 6.07) is 0. The van der Waals surface area contributed by atoms with E-state index in [0.29, 0.717) is 18.4 Å². The molecule has 0 aromatic rings. The Morgan fingerprint density at radius 1 is 1.31 bits per heavy atom. The van der Waals surface area contributed by atoms with E-state index in [4.69, 9.17) is 0 Å². The summed E-state index contributed by atoms with van der Waals surface area (Å²) in [5.41, 5.74) is 0. The lowest BCUT2D eigenvalue weighted by Crippen LogP contribution is -2.50. The molecular weight excluding hydrogens is 294 g/mol. The smallest absolute Gasteiger partial charge is 0.243 e. The van der Waals surface area contributed by atoms with Gasteiger partial charge in [0.1, 0.15) is 4.75 Å². The van der Waals surface area contributed by atoms with E-state index >= 15 is 0 Å². The third-order valence-electron chi connectivity index (χ3n) is 2.58. The predicted molar refractivity (Wildman–Crippen MR) is 69.6 cm³/mol. The number of alkyl halides is 1. The zero-order valence-electron chi connectivity index (χ0n) is 10.3. The van der Waals surface area contributed by atoms with E-state index in [2.05, 4.69) is 15.9 Å². The van der Waals surface area contributed by atoms with Gasteiger partial charge in [-0.25, -0.2) is 8.42 Å². The fourth-order valence-electron chi connectivity index (χ4n) is 1.23. The minimum Gasteiger partial charge on any atom is -0.341 e. The predicted octanol–water partition coefficient (Wildman–Crippen LogP) is 1.44. The van der Waals surface area contributed by atoms with Crippen LogP contribution in [0.15, 0.2) is 0 Å². The molecule has 0 fully saturated rings. The Bertz CT molecular complexity index is 332. The lowest BCUT2D eigenvalue weighted by atomic mass is 10.1. The topological polar surface area (TPSA) is 54.5 Å². The normalized spacial score (nSPS) is 12.6. The zero-order valence-corrected chi connectivity index (χ0v) is 12.7. The molecule has 0 radical (unpaired) electrons. The van der Waals surface area contributed by atoms with Gasteiger partial charge in [-0.15, -0.1) is 0 Å². The van der Waals surface area contributed by atoms with Crippen molar-refractivity contribution in [2.75, 3.05) is 24.7 Å². The molecule has 1 amide bonds. The van der Waals surface area contributed by atoms with Crippen LogP contribution in [-0.2, 0) is 14.6 Å². The lowest BCUT2D eigenvalue weighted by molar-refractivity contribution is -0.132. The molecule has 0 heterocycles. The Morgan fingerprint density at radius 2 is 1.81 bits per heavy atom. The first-order valence-corrected chi connectivity index (χ1v) is 8.24. The van der Waals surface area contributed by atoms with Crippen molar-refractivity contribution in [3.8, 4) is 0 Å². The average molecular weight is 314 g/mol. The fourth-order valence-corrected chi connectivity index (χ4v) is 2.10. The summed E-state index contributed by atoms with van der Waals surface area (Å²) in [5, 5.41) is 0.651. The summed E-state index contributed by atoms with van der Waals surface area (Å²) in [6.07, 6.45) is 1.92. The highest BCUT2D eigenvalue weighted by molar-refractivity contribution is 9.09. The molecule has 4 nitrogen and oxygen atoms in total. The highest BCUT2D eigenvalue weighted by Crippen LogP contribution is 2.19. The zero-order chi connectivity index (χ0) is 13.0. The molecule has 0 rings (SSSR count). The quantitative estimate of drug-likeness (QED) is 0.697. The first-order chi connectivity index (χ1) is 7.18. The number of halogens is 1. The molecule has 0 unspecified atom stereocenters. The van der Waals surface area contributed by atoms with E-state index in [1.165, 1.54) is 13.8 Å². The lowest BCUT2D eigenvalue weighted by Gasteiger charge is -2.30. The number of hydrogen-bond acceptors (Lipinski definition) is 3. The van der Waals surface area contributed by atoms with Crippen LogP contribution in [0.5, 0.6) is 0 Å². The SMILES string of the molecule is CCCN(CCBr)C(=O)C(C)(C)S(C)(=O)=O. The van der Waals surface area contributed by atoms with E-state index < -0.39 is 14.6 Å². The maximum absolute atomic E-state index is 12.1. The van der Waals surface area contributed by atoms with Gasteiger partial charge in [0.05, 0.1) is 0 Å². The van der Waals surface area contributed by atoms with Gasteiger partial charge in [-0.05, 0) is 20.3 Å². The fraction of sp³-hybridized carbons (Fsp3) is 0.900. The highest BCUT2D eigenvalue weighted by atomic mass is 79.9. The van der Waals surface area contributed by atoms with Crippen molar-refractivity contribution in [3.63, 3.8) is 0 Å². The summed E-state index contributed by atoms with van der Waals surface area (Å²) < 4.78 is 21.8. The molecule has 0 saturated heterocycles. The number of hydrogen-bond donors (Lipinski definition) is 0. The summed E-state index contributed by atoms with van der Waals surface area (Å²) in [7, 11) is -3.39. The van der Waals surface area contributed by atoms with Crippen molar-refractivity contribution in [3.05, 3.63) is 0 Å². The van der Waals surface area contributed by atoms with E-state index in [1.54, 1.807) is 4.90 Å². The average Bonchev–Trinajstić information content (AvgIpc) is 2.14. The standard InChI is InChI=1S/C10H20BrNO3S/c1-5-7-12(8-6-11)9(13)10(2,3)16(4,14)15/h5-8H2,1-4H3. The third-order valence-corrected chi connectivity index (χ3v) is 4.96. The van der Waals surface area contributed by atoms with Crippen molar-refractivity contribution in [1.29, 1.82) is 0 Å². The number of nitrogens with zero attached hydrogens (tertiary/aromatic N) is 1. The van der Waals surface area contributed by atoms with Crippen LogP contribution in [0.3, 0.4) is 0 Å². The maximum Gasteiger partial charge on any atom is 0.243 e. The molecule has 0 aromatic heterocycles. The van der Waals surface area contributed by atoms with Crippen molar-refractivity contribution in [2.24, 2.45) is 0 Å². The molecular formula is C10H20BrNO3S. The van der Waals surface area contributed by atoms with E-state index in [1.807, 2.05) is 6.92 Å². The molecule has 0 aliphatic rings. The Balaban J connectivity index is 5.00. The van der Waals surface area contributed by atoms with Crippen molar-refractivity contribution >= 4 is 31.7 Å². The van der Waals surface area contributed by atoms with Gasteiger partial charge in [-0.2, -0.15) is 0 Å². The van der Waals surface area contributed by atoms with Gasteiger partial charge in [0, 0.05) is 24.7 Å². The molecule has 0 N–H and O–H groups in total. The maximum atomic E-state index is 12.1. The van der Waals surface area contributed by atoms with Crippen molar-refractivity contribution in [2.45, 2.75) is 31.9 Å². The number of carbonyl (C=O) groups is 1. The molecule has 0 bridgehead atoms. The summed E-state index contributed by atoms with van der Waals surface area (Å²) in [5.74, 6) is -0.323. The Hall–Kier alpha value is -0.100. The van der Waals surface area contributed by atoms with Crippen LogP contribution in [0.4, 0.5) is 0 Å². The molecule has 0 spiro atoms. The molecule has 16 heavy (non-hydrogen) atoms. The molecule has 0 aliphatic heterocycles. The van der Waals surface area contributed by atoms with Gasteiger partial charge >= 0.3 is 0 Å². The molecule has 0 atom stereocenters. The highest BCUT2D eigenvalue weighted by Gasteiger charge is 2.40. The Morgan fingerprint density at radius 3 is 2.12 bits per heavy atom. The number of amides is 1. The minimum atomic E-state index is -3.39. The van der Waals surface area contributed by atoms with Gasteiger partial charge in [-0.1, -0.05) is 22.9 Å². The van der Waals surface area contributed by atoms with Gasteiger partial charge in [0.2, 0.25) is 5.91 Å². The largest absolute Gasteiger partial charge is 0.341 e. The molecule has 6 heteroatoms. The van der Waals surface area contributed by atoms with Gasteiger partial charge in [0.15, 0.2) is 9.84 Å². The molecule has 96 valence electrons. The van der Waals surface area contributed by atoms with Crippen molar-refractivity contribution < 1.29 is 13.2 Å². The molecule has 0 aliphatic carbocycles. The van der Waals surface area contributed by atoms with Crippen LogP contribution in [0.2, 0.25) is 0 Å². The Kier molecular flexibility index (Phi) is 5.96. The van der Waals surface area contributed by atoms with E-state index in [9.17, 15) is 13.2 Å². The van der Waals surface area contributed by atoms with Crippen LogP contribution < -0.4 is 0 Å². The monoisotopic (exact) mass is 313 g/mol. The minimum absolute atomic E-state index is 0.323. The second-order valence-electron chi connectivity index (χ2n) is 4.26. The van der Waals surface area contributed by atoms with Crippen LogP contribution in [-0.4, -0.2) is 48.6 Å².